The van der Waals surface area contributed by atoms with Crippen LogP contribution in [0.5, 0.6) is 0 Å². The molecule has 1 aliphatic heterocycles. The van der Waals surface area contributed by atoms with Crippen molar-refractivity contribution in [2.45, 2.75) is 103 Å². The highest BCUT2D eigenvalue weighted by atomic mass is 16.7. The number of hydrogen-bond acceptors (Lipinski definition) is 9. The maximum absolute atomic E-state index is 12.3. The maximum atomic E-state index is 12.3. The van der Waals surface area contributed by atoms with Crippen LogP contribution in [0.15, 0.2) is 0 Å². The second-order valence-electron chi connectivity index (χ2n) is 7.49. The number of carbonyl (C=O) groups is 4. The molecule has 0 spiro atoms. The van der Waals surface area contributed by atoms with Crippen LogP contribution in [0.2, 0.25) is 0 Å². The lowest BCUT2D eigenvalue weighted by Gasteiger charge is -2.40. The van der Waals surface area contributed by atoms with Gasteiger partial charge in [-0.25, -0.2) is 0 Å². The monoisotopic (exact) mass is 444 g/mol. The summed E-state index contributed by atoms with van der Waals surface area (Å²) in [4.78, 5) is 48.4. The van der Waals surface area contributed by atoms with E-state index in [0.717, 1.165) is 0 Å². The molecule has 0 amide bonds. The summed E-state index contributed by atoms with van der Waals surface area (Å²) in [5.41, 5.74) is 0. The van der Waals surface area contributed by atoms with Gasteiger partial charge in [0.05, 0.1) is 6.61 Å². The second kappa shape index (κ2) is 14.8. The Bertz CT molecular complexity index is 590. The van der Waals surface area contributed by atoms with Crippen molar-refractivity contribution in [2.75, 3.05) is 13.2 Å². The summed E-state index contributed by atoms with van der Waals surface area (Å²) < 4.78 is 27.6. The first kappa shape index (κ1) is 26.9. The molecule has 1 rings (SSSR count). The Kier molecular flexibility index (Phi) is 12.8. The molecule has 1 heterocycles. The molecule has 0 aromatic heterocycles. The zero-order valence-corrected chi connectivity index (χ0v) is 19.1. The Morgan fingerprint density at radius 3 is 1.65 bits per heavy atom. The van der Waals surface area contributed by atoms with Crippen molar-refractivity contribution >= 4 is 23.9 Å². The van der Waals surface area contributed by atoms with Crippen molar-refractivity contribution in [1.82, 2.24) is 0 Å². The van der Waals surface area contributed by atoms with Gasteiger partial charge in [0.25, 0.3) is 0 Å². The Morgan fingerprint density at radius 1 is 0.677 bits per heavy atom. The minimum atomic E-state index is -1.07. The molecule has 0 aliphatic carbocycles. The first-order valence-corrected chi connectivity index (χ1v) is 11.2. The van der Waals surface area contributed by atoms with E-state index in [9.17, 15) is 19.2 Å². The number of rotatable bonds is 13. The van der Waals surface area contributed by atoms with Gasteiger partial charge in [-0.15, -0.1) is 0 Å². The van der Waals surface area contributed by atoms with E-state index in [1.165, 1.54) is 0 Å². The van der Waals surface area contributed by atoms with Gasteiger partial charge in [-0.1, -0.05) is 27.7 Å². The summed E-state index contributed by atoms with van der Waals surface area (Å²) in [5, 5.41) is 0. The molecule has 178 valence electrons. The first-order valence-electron chi connectivity index (χ1n) is 11.2. The van der Waals surface area contributed by atoms with Crippen LogP contribution in [-0.2, 0) is 42.9 Å². The van der Waals surface area contributed by atoms with Crippen molar-refractivity contribution in [3.8, 4) is 0 Å². The summed E-state index contributed by atoms with van der Waals surface area (Å²) in [7, 11) is 0. The largest absolute Gasteiger partial charge is 0.463 e. The molecule has 1 fully saturated rings. The normalized spacial score (nSPS) is 23.0. The van der Waals surface area contributed by atoms with Crippen LogP contribution in [0.1, 0.15) is 79.1 Å². The molecule has 0 saturated carbocycles. The van der Waals surface area contributed by atoms with Crippen LogP contribution < -0.4 is 0 Å². The van der Waals surface area contributed by atoms with E-state index >= 15 is 0 Å². The van der Waals surface area contributed by atoms with Crippen LogP contribution in [0.25, 0.3) is 0 Å². The van der Waals surface area contributed by atoms with E-state index in [1.807, 2.05) is 27.7 Å². The lowest BCUT2D eigenvalue weighted by Crippen LogP contribution is -2.59. The predicted octanol–water partition coefficient (Wildman–Crippen LogP) is 2.86. The van der Waals surface area contributed by atoms with Crippen molar-refractivity contribution in [1.29, 1.82) is 0 Å². The Hall–Kier alpha value is -2.16. The van der Waals surface area contributed by atoms with Gasteiger partial charge in [0, 0.05) is 25.7 Å². The van der Waals surface area contributed by atoms with Gasteiger partial charge >= 0.3 is 23.9 Å². The molecule has 4 atom stereocenters. The second-order valence-corrected chi connectivity index (χ2v) is 7.49. The quantitative estimate of drug-likeness (QED) is 0.312. The molecule has 1 aliphatic rings. The smallest absolute Gasteiger partial charge is 0.306 e. The SMILES string of the molecule is CCCC(=O)OC[C@H]1OCC(OC(=O)CCC)[C@@H](OC(=O)CCC)C1OC(=O)CCC. The van der Waals surface area contributed by atoms with Crippen molar-refractivity contribution in [3.63, 3.8) is 0 Å². The fourth-order valence-corrected chi connectivity index (χ4v) is 3.07. The van der Waals surface area contributed by atoms with Gasteiger partial charge in [-0.2, -0.15) is 0 Å². The summed E-state index contributed by atoms with van der Waals surface area (Å²) in [6, 6.07) is 0. The minimum Gasteiger partial charge on any atom is -0.463 e. The molecule has 0 N–H and O–H groups in total. The highest BCUT2D eigenvalue weighted by Gasteiger charge is 2.47. The zero-order valence-electron chi connectivity index (χ0n) is 19.1. The molecule has 9 nitrogen and oxygen atoms in total. The van der Waals surface area contributed by atoms with E-state index < -0.39 is 48.3 Å². The molecule has 1 saturated heterocycles. The third-order valence-corrected chi connectivity index (χ3v) is 4.57. The predicted molar refractivity (Wildman–Crippen MR) is 110 cm³/mol. The van der Waals surface area contributed by atoms with Crippen LogP contribution in [0.3, 0.4) is 0 Å². The fourth-order valence-electron chi connectivity index (χ4n) is 3.07. The number of ether oxygens (including phenoxy) is 5. The number of carbonyl (C=O) groups excluding carboxylic acids is 4. The maximum Gasteiger partial charge on any atom is 0.306 e. The molecule has 0 bridgehead atoms. The highest BCUT2D eigenvalue weighted by molar-refractivity contribution is 5.72. The summed E-state index contributed by atoms with van der Waals surface area (Å²) >= 11 is 0. The Labute approximate surface area is 184 Å². The van der Waals surface area contributed by atoms with Gasteiger partial charge < -0.3 is 23.7 Å². The third-order valence-electron chi connectivity index (χ3n) is 4.57. The molecular weight excluding hydrogens is 408 g/mol. The van der Waals surface area contributed by atoms with E-state index in [4.69, 9.17) is 23.7 Å². The van der Waals surface area contributed by atoms with Crippen LogP contribution in [0.4, 0.5) is 0 Å². The van der Waals surface area contributed by atoms with E-state index in [1.54, 1.807) is 0 Å². The summed E-state index contributed by atoms with van der Waals surface area (Å²) in [6.45, 7) is 7.12. The molecule has 9 heteroatoms. The van der Waals surface area contributed by atoms with Gasteiger partial charge in [-0.3, -0.25) is 19.2 Å². The minimum absolute atomic E-state index is 0.0721. The van der Waals surface area contributed by atoms with E-state index in [-0.39, 0.29) is 38.9 Å². The average Bonchev–Trinajstić information content (AvgIpc) is 2.70. The van der Waals surface area contributed by atoms with Crippen molar-refractivity contribution in [3.05, 3.63) is 0 Å². The highest BCUT2D eigenvalue weighted by Crippen LogP contribution is 2.26. The molecule has 2 unspecified atom stereocenters. The average molecular weight is 445 g/mol. The molecule has 0 aromatic carbocycles. The summed E-state index contributed by atoms with van der Waals surface area (Å²) in [6.07, 6.45) is -0.755. The van der Waals surface area contributed by atoms with Crippen LogP contribution >= 0.6 is 0 Å². The van der Waals surface area contributed by atoms with Gasteiger partial charge in [0.1, 0.15) is 12.7 Å². The standard InChI is InChI=1S/C22H36O9/c1-5-9-17(23)28-13-15-21(30-19(25)11-7-3)22(31-20(26)12-8-4)16(14-27-15)29-18(24)10-6-2/h15-16,21-22H,5-14H2,1-4H3/t15-,16?,21?,22-/m1/s1. The van der Waals surface area contributed by atoms with E-state index in [2.05, 4.69) is 0 Å². The molecule has 31 heavy (non-hydrogen) atoms. The Balaban J connectivity index is 3.08. The van der Waals surface area contributed by atoms with Crippen molar-refractivity contribution < 1.29 is 42.9 Å². The van der Waals surface area contributed by atoms with Crippen LogP contribution in [-0.4, -0.2) is 61.5 Å². The number of hydrogen-bond donors (Lipinski definition) is 0. The fraction of sp³-hybridized carbons (Fsp3) is 0.818. The van der Waals surface area contributed by atoms with Gasteiger partial charge in [0.2, 0.25) is 0 Å². The van der Waals surface area contributed by atoms with Gasteiger partial charge in [-0.05, 0) is 25.7 Å². The number of esters is 4. The zero-order chi connectivity index (χ0) is 23.2. The third kappa shape index (κ3) is 9.67. The van der Waals surface area contributed by atoms with E-state index in [0.29, 0.717) is 25.7 Å². The lowest BCUT2D eigenvalue weighted by molar-refractivity contribution is -0.233. The molecule has 0 radical (unpaired) electrons. The first-order chi connectivity index (χ1) is 14.9. The Morgan fingerprint density at radius 2 is 1.13 bits per heavy atom. The van der Waals surface area contributed by atoms with Crippen LogP contribution in [0, 0.1) is 0 Å². The van der Waals surface area contributed by atoms with Crippen molar-refractivity contribution in [2.24, 2.45) is 0 Å². The topological polar surface area (TPSA) is 114 Å². The lowest BCUT2D eigenvalue weighted by atomic mass is 9.99. The molecule has 0 aromatic rings. The van der Waals surface area contributed by atoms with Gasteiger partial charge in [0.15, 0.2) is 18.3 Å². The summed E-state index contributed by atoms with van der Waals surface area (Å²) in [5.74, 6) is -1.86. The molecular formula is C22H36O9.